The fourth-order valence-electron chi connectivity index (χ4n) is 2.53. The van der Waals surface area contributed by atoms with Crippen molar-refractivity contribution in [2.75, 3.05) is 13.7 Å². The summed E-state index contributed by atoms with van der Waals surface area (Å²) in [5, 5.41) is 0. The van der Waals surface area contributed by atoms with Crippen LogP contribution in [-0.2, 0) is 6.42 Å². The Labute approximate surface area is 103 Å². The number of aryl methyl sites for hydroxylation is 1. The molecule has 2 N–H and O–H groups in total. The zero-order valence-corrected chi connectivity index (χ0v) is 10.7. The number of hydrogen-bond acceptors (Lipinski definition) is 2. The molecule has 1 aromatic rings. The first-order valence-electron chi connectivity index (χ1n) is 6.33. The minimum Gasteiger partial charge on any atom is -0.497 e. The predicted molar refractivity (Wildman–Crippen MR) is 72.1 cm³/mol. The molecule has 1 aromatic carbocycles. The number of hydrogen-bond donors (Lipinski definition) is 1. The van der Waals surface area contributed by atoms with Gasteiger partial charge in [-0.15, -0.1) is 0 Å². The molecule has 0 spiro atoms. The quantitative estimate of drug-likeness (QED) is 0.864. The number of fused-ring (bicyclic) bond motifs is 1. The second-order valence-electron chi connectivity index (χ2n) is 4.70. The molecule has 1 atom stereocenters. The molecule has 2 nitrogen and oxygen atoms in total. The van der Waals surface area contributed by atoms with Gasteiger partial charge in [-0.3, -0.25) is 0 Å². The van der Waals surface area contributed by atoms with Crippen molar-refractivity contribution in [3.63, 3.8) is 0 Å². The highest BCUT2D eigenvalue weighted by Crippen LogP contribution is 2.35. The van der Waals surface area contributed by atoms with Crippen LogP contribution in [0.5, 0.6) is 5.75 Å². The van der Waals surface area contributed by atoms with Crippen LogP contribution in [0.25, 0.3) is 5.57 Å². The maximum Gasteiger partial charge on any atom is 0.119 e. The lowest BCUT2D eigenvalue weighted by molar-refractivity contribution is 0.414. The van der Waals surface area contributed by atoms with Gasteiger partial charge in [0.05, 0.1) is 7.11 Å². The molecule has 0 radical (unpaired) electrons. The van der Waals surface area contributed by atoms with Gasteiger partial charge >= 0.3 is 0 Å². The van der Waals surface area contributed by atoms with E-state index in [-0.39, 0.29) is 0 Å². The lowest BCUT2D eigenvalue weighted by Gasteiger charge is -2.23. The van der Waals surface area contributed by atoms with Crippen molar-refractivity contribution < 1.29 is 4.74 Å². The van der Waals surface area contributed by atoms with Crippen LogP contribution in [0.4, 0.5) is 0 Å². The van der Waals surface area contributed by atoms with Gasteiger partial charge in [0.25, 0.3) is 0 Å². The average molecular weight is 231 g/mol. The van der Waals surface area contributed by atoms with Crippen molar-refractivity contribution in [1.82, 2.24) is 0 Å². The molecule has 0 aliphatic heterocycles. The van der Waals surface area contributed by atoms with Crippen molar-refractivity contribution in [3.8, 4) is 5.75 Å². The number of nitrogens with two attached hydrogens (primary N) is 1. The number of allylic oxidation sites excluding steroid dienone is 2. The molecule has 0 bridgehead atoms. The summed E-state index contributed by atoms with van der Waals surface area (Å²) in [5.74, 6) is 1.47. The van der Waals surface area contributed by atoms with Crippen LogP contribution < -0.4 is 10.5 Å². The van der Waals surface area contributed by atoms with Crippen LogP contribution in [-0.4, -0.2) is 13.7 Å². The molecule has 0 saturated heterocycles. The van der Waals surface area contributed by atoms with Crippen LogP contribution in [0, 0.1) is 5.92 Å². The summed E-state index contributed by atoms with van der Waals surface area (Å²) in [6.07, 6.45) is 5.69. The summed E-state index contributed by atoms with van der Waals surface area (Å²) in [7, 11) is 1.72. The Morgan fingerprint density at radius 3 is 2.94 bits per heavy atom. The maximum absolute atomic E-state index is 5.66. The summed E-state index contributed by atoms with van der Waals surface area (Å²) in [5.41, 5.74) is 9.90. The second kappa shape index (κ2) is 5.37. The Kier molecular flexibility index (Phi) is 3.85. The van der Waals surface area contributed by atoms with Crippen molar-refractivity contribution in [2.24, 2.45) is 11.7 Å². The molecule has 17 heavy (non-hydrogen) atoms. The van der Waals surface area contributed by atoms with Gasteiger partial charge in [-0.1, -0.05) is 19.1 Å². The van der Waals surface area contributed by atoms with E-state index < -0.39 is 0 Å². The van der Waals surface area contributed by atoms with E-state index in [1.54, 1.807) is 7.11 Å². The maximum atomic E-state index is 5.66. The largest absolute Gasteiger partial charge is 0.497 e. The monoisotopic (exact) mass is 231 g/mol. The van der Waals surface area contributed by atoms with Gasteiger partial charge in [0.1, 0.15) is 5.75 Å². The smallest absolute Gasteiger partial charge is 0.119 e. The van der Waals surface area contributed by atoms with E-state index in [9.17, 15) is 0 Å². The Hall–Kier alpha value is -1.28. The molecule has 0 amide bonds. The molecule has 1 aliphatic rings. The lowest BCUT2D eigenvalue weighted by Crippen LogP contribution is -2.11. The first-order valence-corrected chi connectivity index (χ1v) is 6.33. The van der Waals surface area contributed by atoms with E-state index in [4.69, 9.17) is 10.5 Å². The first-order chi connectivity index (χ1) is 8.26. The van der Waals surface area contributed by atoms with E-state index in [1.807, 2.05) is 0 Å². The van der Waals surface area contributed by atoms with Crippen molar-refractivity contribution in [1.29, 1.82) is 0 Å². The van der Waals surface area contributed by atoms with Crippen molar-refractivity contribution in [2.45, 2.75) is 26.2 Å². The second-order valence-corrected chi connectivity index (χ2v) is 4.70. The van der Waals surface area contributed by atoms with Crippen LogP contribution in [0.2, 0.25) is 0 Å². The highest BCUT2D eigenvalue weighted by atomic mass is 16.5. The van der Waals surface area contributed by atoms with Gasteiger partial charge in [0.2, 0.25) is 0 Å². The highest BCUT2D eigenvalue weighted by molar-refractivity contribution is 5.72. The van der Waals surface area contributed by atoms with Gasteiger partial charge in [-0.2, -0.15) is 0 Å². The molecular formula is C15H21NO. The SMILES string of the molecule is COc1ccc2c(c1)C(C(C)CCN)=CCC2. The summed E-state index contributed by atoms with van der Waals surface area (Å²) in [6.45, 7) is 3.01. The normalized spacial score (nSPS) is 16.1. The summed E-state index contributed by atoms with van der Waals surface area (Å²) in [4.78, 5) is 0. The lowest BCUT2D eigenvalue weighted by atomic mass is 9.83. The van der Waals surface area contributed by atoms with Crippen LogP contribution in [0.1, 0.15) is 30.9 Å². The Morgan fingerprint density at radius 2 is 2.24 bits per heavy atom. The van der Waals surface area contributed by atoms with Crippen LogP contribution in [0.3, 0.4) is 0 Å². The molecule has 2 rings (SSSR count). The highest BCUT2D eigenvalue weighted by Gasteiger charge is 2.17. The average Bonchev–Trinajstić information content (AvgIpc) is 2.37. The molecule has 0 saturated carbocycles. The third kappa shape index (κ3) is 2.52. The van der Waals surface area contributed by atoms with Crippen molar-refractivity contribution in [3.05, 3.63) is 35.4 Å². The topological polar surface area (TPSA) is 35.2 Å². The van der Waals surface area contributed by atoms with Gasteiger partial charge in [0.15, 0.2) is 0 Å². The predicted octanol–water partition coefficient (Wildman–Crippen LogP) is 3.01. The first kappa shape index (κ1) is 12.2. The Bertz CT molecular complexity index is 423. The fourth-order valence-corrected chi connectivity index (χ4v) is 2.53. The van der Waals surface area contributed by atoms with Crippen LogP contribution >= 0.6 is 0 Å². The summed E-state index contributed by atoms with van der Waals surface area (Å²) >= 11 is 0. The number of ether oxygens (including phenoxy) is 1. The van der Waals surface area contributed by atoms with Crippen molar-refractivity contribution >= 4 is 5.57 Å². The number of benzene rings is 1. The molecule has 0 aromatic heterocycles. The zero-order chi connectivity index (χ0) is 12.3. The molecule has 2 heteroatoms. The van der Waals surface area contributed by atoms with Gasteiger partial charge in [-0.05, 0) is 60.6 Å². The molecule has 1 aliphatic carbocycles. The Morgan fingerprint density at radius 1 is 1.41 bits per heavy atom. The number of methoxy groups -OCH3 is 1. The standard InChI is InChI=1S/C15H21NO/c1-11(8-9-16)14-5-3-4-12-6-7-13(17-2)10-15(12)14/h5-7,10-11H,3-4,8-9,16H2,1-2H3. The van der Waals surface area contributed by atoms with E-state index in [2.05, 4.69) is 31.2 Å². The number of rotatable bonds is 4. The molecular weight excluding hydrogens is 210 g/mol. The van der Waals surface area contributed by atoms with Gasteiger partial charge < -0.3 is 10.5 Å². The third-order valence-corrected chi connectivity index (χ3v) is 3.54. The van der Waals surface area contributed by atoms with E-state index in [1.165, 1.54) is 16.7 Å². The Balaban J connectivity index is 2.35. The third-order valence-electron chi connectivity index (χ3n) is 3.54. The minimum atomic E-state index is 0.533. The van der Waals surface area contributed by atoms with Gasteiger partial charge in [0, 0.05) is 0 Å². The van der Waals surface area contributed by atoms with E-state index in [0.29, 0.717) is 5.92 Å². The molecule has 1 unspecified atom stereocenters. The van der Waals surface area contributed by atoms with Crippen LogP contribution in [0.15, 0.2) is 24.3 Å². The zero-order valence-electron chi connectivity index (χ0n) is 10.7. The minimum absolute atomic E-state index is 0.533. The van der Waals surface area contributed by atoms with E-state index in [0.717, 1.165) is 31.6 Å². The molecule has 0 fully saturated rings. The molecule has 92 valence electrons. The summed E-state index contributed by atoms with van der Waals surface area (Å²) in [6, 6.07) is 6.40. The molecule has 0 heterocycles. The fraction of sp³-hybridized carbons (Fsp3) is 0.467. The van der Waals surface area contributed by atoms with Gasteiger partial charge in [-0.25, -0.2) is 0 Å². The summed E-state index contributed by atoms with van der Waals surface area (Å²) < 4.78 is 5.32. The van der Waals surface area contributed by atoms with E-state index >= 15 is 0 Å².